The number of carbonyl (C=O) groups is 3. The molecule has 0 saturated carbocycles. The Kier molecular flexibility index (Phi) is 64.8. The number of allylic oxidation sites excluding steroid dienone is 20. The van der Waals surface area contributed by atoms with Crippen molar-refractivity contribution in [2.45, 2.75) is 322 Å². The van der Waals surface area contributed by atoms with Crippen LogP contribution >= 0.6 is 0 Å². The van der Waals surface area contributed by atoms with Gasteiger partial charge in [-0.1, -0.05) is 290 Å². The number of rotatable bonds is 61. The zero-order valence-corrected chi connectivity index (χ0v) is 53.0. The molecule has 6 nitrogen and oxygen atoms in total. The number of ether oxygens (including phenoxy) is 3. The lowest BCUT2D eigenvalue weighted by molar-refractivity contribution is -0.167. The minimum Gasteiger partial charge on any atom is -0.462 e. The number of hydrogen-bond acceptors (Lipinski definition) is 6. The van der Waals surface area contributed by atoms with Crippen LogP contribution in [-0.2, 0) is 28.6 Å². The quantitative estimate of drug-likeness (QED) is 0.0261. The molecule has 0 spiro atoms. The number of esters is 3. The van der Waals surface area contributed by atoms with Crippen LogP contribution in [0, 0.1) is 0 Å². The zero-order chi connectivity index (χ0) is 58.5. The van der Waals surface area contributed by atoms with Gasteiger partial charge in [0.05, 0.1) is 0 Å². The van der Waals surface area contributed by atoms with E-state index < -0.39 is 6.10 Å². The molecule has 81 heavy (non-hydrogen) atoms. The molecule has 1 unspecified atom stereocenters. The molecule has 0 aliphatic heterocycles. The van der Waals surface area contributed by atoms with Gasteiger partial charge in [0.2, 0.25) is 0 Å². The highest BCUT2D eigenvalue weighted by Gasteiger charge is 2.19. The van der Waals surface area contributed by atoms with Gasteiger partial charge in [-0.25, -0.2) is 0 Å². The lowest BCUT2D eigenvalue weighted by atomic mass is 10.0. The average Bonchev–Trinajstić information content (AvgIpc) is 3.47. The molecule has 0 heterocycles. The Morgan fingerprint density at radius 1 is 0.259 bits per heavy atom. The molecule has 0 N–H and O–H groups in total. The highest BCUT2D eigenvalue weighted by atomic mass is 16.6. The lowest BCUT2D eigenvalue weighted by Crippen LogP contribution is -2.30. The van der Waals surface area contributed by atoms with Crippen LogP contribution in [0.1, 0.15) is 316 Å². The first kappa shape index (κ1) is 76.8. The highest BCUT2D eigenvalue weighted by molar-refractivity contribution is 5.71. The van der Waals surface area contributed by atoms with Crippen molar-refractivity contribution in [3.05, 3.63) is 122 Å². The highest BCUT2D eigenvalue weighted by Crippen LogP contribution is 2.17. The van der Waals surface area contributed by atoms with Crippen LogP contribution in [0.5, 0.6) is 0 Å². The van der Waals surface area contributed by atoms with Crippen molar-refractivity contribution in [1.29, 1.82) is 0 Å². The van der Waals surface area contributed by atoms with Crippen LogP contribution in [0.25, 0.3) is 0 Å². The molecule has 1 atom stereocenters. The maximum atomic E-state index is 12.9. The predicted octanol–water partition coefficient (Wildman–Crippen LogP) is 23.6. The molecule has 0 fully saturated rings. The van der Waals surface area contributed by atoms with Gasteiger partial charge in [-0.05, 0) is 128 Å². The molecular formula is C75H126O6. The molecule has 0 aromatic rings. The third kappa shape index (κ3) is 66.5. The minimum absolute atomic E-state index is 0.0922. The van der Waals surface area contributed by atoms with E-state index in [1.165, 1.54) is 128 Å². The number of unbranched alkanes of at least 4 members (excludes halogenated alkanes) is 30. The average molecular weight is 1120 g/mol. The summed E-state index contributed by atoms with van der Waals surface area (Å²) in [7, 11) is 0. The van der Waals surface area contributed by atoms with Gasteiger partial charge in [-0.2, -0.15) is 0 Å². The van der Waals surface area contributed by atoms with Crippen molar-refractivity contribution < 1.29 is 28.6 Å². The minimum atomic E-state index is -0.800. The monoisotopic (exact) mass is 1120 g/mol. The first-order valence-corrected chi connectivity index (χ1v) is 34.0. The molecule has 0 amide bonds. The van der Waals surface area contributed by atoms with Gasteiger partial charge in [0, 0.05) is 19.3 Å². The summed E-state index contributed by atoms with van der Waals surface area (Å²) >= 11 is 0. The second kappa shape index (κ2) is 68.3. The summed E-state index contributed by atoms with van der Waals surface area (Å²) in [6, 6.07) is 0. The summed E-state index contributed by atoms with van der Waals surface area (Å²) in [5.41, 5.74) is 0. The van der Waals surface area contributed by atoms with Crippen molar-refractivity contribution in [3.63, 3.8) is 0 Å². The molecule has 0 aromatic carbocycles. The first-order chi connectivity index (χ1) is 40.0. The van der Waals surface area contributed by atoms with E-state index in [4.69, 9.17) is 14.2 Å². The van der Waals surface area contributed by atoms with Gasteiger partial charge in [0.15, 0.2) is 6.10 Å². The summed E-state index contributed by atoms with van der Waals surface area (Å²) in [6.45, 7) is 6.38. The first-order valence-electron chi connectivity index (χ1n) is 34.0. The second-order valence-electron chi connectivity index (χ2n) is 22.3. The number of hydrogen-bond donors (Lipinski definition) is 0. The van der Waals surface area contributed by atoms with Crippen LogP contribution < -0.4 is 0 Å². The van der Waals surface area contributed by atoms with E-state index in [1.807, 2.05) is 0 Å². The maximum absolute atomic E-state index is 12.9. The molecule has 6 heteroatoms. The Labute approximate surface area is 501 Å². The van der Waals surface area contributed by atoms with E-state index in [0.717, 1.165) is 148 Å². The predicted molar refractivity (Wildman–Crippen MR) is 353 cm³/mol. The summed E-state index contributed by atoms with van der Waals surface area (Å²) in [5, 5.41) is 0. The summed E-state index contributed by atoms with van der Waals surface area (Å²) in [4.78, 5) is 38.4. The van der Waals surface area contributed by atoms with Crippen molar-refractivity contribution in [2.24, 2.45) is 0 Å². The van der Waals surface area contributed by atoms with Crippen LogP contribution in [0.2, 0.25) is 0 Å². The summed E-state index contributed by atoms with van der Waals surface area (Å²) in [5.74, 6) is -0.921. The Morgan fingerprint density at radius 3 is 0.753 bits per heavy atom. The largest absolute Gasteiger partial charge is 0.462 e. The molecule has 0 aliphatic carbocycles. The topological polar surface area (TPSA) is 78.9 Å². The van der Waals surface area contributed by atoms with E-state index >= 15 is 0 Å². The Hall–Kier alpha value is -4.19. The zero-order valence-electron chi connectivity index (χ0n) is 53.0. The molecular weight excluding hydrogens is 997 g/mol. The summed E-state index contributed by atoms with van der Waals surface area (Å²) in [6.07, 6.45) is 95.1. The van der Waals surface area contributed by atoms with Gasteiger partial charge < -0.3 is 14.2 Å². The van der Waals surface area contributed by atoms with Crippen LogP contribution in [0.4, 0.5) is 0 Å². The molecule has 0 aliphatic rings. The lowest BCUT2D eigenvalue weighted by Gasteiger charge is -2.18. The third-order valence-electron chi connectivity index (χ3n) is 14.4. The van der Waals surface area contributed by atoms with Crippen LogP contribution in [0.3, 0.4) is 0 Å². The van der Waals surface area contributed by atoms with E-state index in [0.29, 0.717) is 19.3 Å². The van der Waals surface area contributed by atoms with E-state index in [2.05, 4.69) is 142 Å². The van der Waals surface area contributed by atoms with Crippen LogP contribution in [-0.4, -0.2) is 37.2 Å². The van der Waals surface area contributed by atoms with Gasteiger partial charge >= 0.3 is 17.9 Å². The van der Waals surface area contributed by atoms with Crippen molar-refractivity contribution in [3.8, 4) is 0 Å². The molecule has 0 radical (unpaired) electrons. The second-order valence-corrected chi connectivity index (χ2v) is 22.3. The SMILES string of the molecule is CC/C=C\C/C=C\C/C=C\C/C=C\CCCCCCCCCCCCCCCCCCCCC(=O)OCC(COC(=O)CCCCCCC/C=C\C/C=C\CCCCC)OC(=O)CCCCCC/C=C\C/C=C\C/C=C\C/C=C\CC. The maximum Gasteiger partial charge on any atom is 0.306 e. The third-order valence-corrected chi connectivity index (χ3v) is 14.4. The van der Waals surface area contributed by atoms with E-state index in [9.17, 15) is 14.4 Å². The molecule has 462 valence electrons. The van der Waals surface area contributed by atoms with Gasteiger partial charge in [-0.15, -0.1) is 0 Å². The molecule has 0 bridgehead atoms. The van der Waals surface area contributed by atoms with Crippen molar-refractivity contribution in [1.82, 2.24) is 0 Å². The Balaban J connectivity index is 4.26. The standard InChI is InChI=1S/C75H126O6/c1-4-7-10-13-16-19-22-25-28-30-31-32-33-34-35-36-37-38-39-40-41-42-43-45-47-50-53-56-59-62-65-68-74(77)80-71-72(70-79-73(76)67-64-61-58-55-52-49-46-27-24-21-18-15-12-9-6-3)81-75(78)69-66-63-60-57-54-51-48-44-29-26-23-20-17-14-11-8-5-2/h7-8,10-11,16-21,25-29,31-32,46,48,51,72H,4-6,9,12-15,22-24,30,33-45,47,49-50,52-71H2,1-3H3/b10-7-,11-8-,19-16-,20-17-,21-18-,28-25-,29-26-,32-31-,46-27-,51-48-. The van der Waals surface area contributed by atoms with E-state index in [-0.39, 0.29) is 31.1 Å². The fourth-order valence-corrected chi connectivity index (χ4v) is 9.40. The van der Waals surface area contributed by atoms with Gasteiger partial charge in [0.25, 0.3) is 0 Å². The molecule has 0 aromatic heterocycles. The fourth-order valence-electron chi connectivity index (χ4n) is 9.40. The normalized spacial score (nSPS) is 12.9. The van der Waals surface area contributed by atoms with Crippen molar-refractivity contribution in [2.75, 3.05) is 13.2 Å². The van der Waals surface area contributed by atoms with E-state index in [1.54, 1.807) is 0 Å². The molecule has 0 saturated heterocycles. The molecule has 0 rings (SSSR count). The Bertz CT molecular complexity index is 1670. The van der Waals surface area contributed by atoms with Gasteiger partial charge in [-0.3, -0.25) is 14.4 Å². The number of carbonyl (C=O) groups excluding carboxylic acids is 3. The van der Waals surface area contributed by atoms with Gasteiger partial charge in [0.1, 0.15) is 13.2 Å². The smallest absolute Gasteiger partial charge is 0.306 e. The summed E-state index contributed by atoms with van der Waals surface area (Å²) < 4.78 is 16.9. The fraction of sp³-hybridized carbons (Fsp3) is 0.693. The Morgan fingerprint density at radius 2 is 0.481 bits per heavy atom. The van der Waals surface area contributed by atoms with Crippen LogP contribution in [0.15, 0.2) is 122 Å². The van der Waals surface area contributed by atoms with Crippen molar-refractivity contribution >= 4 is 17.9 Å².